The highest BCUT2D eigenvalue weighted by Crippen LogP contribution is 2.38. The Hall–Kier alpha value is -2.74. The molecule has 0 aromatic heterocycles. The Morgan fingerprint density at radius 1 is 1.16 bits per heavy atom. The zero-order valence-corrected chi connectivity index (χ0v) is 22.8. The summed E-state index contributed by atoms with van der Waals surface area (Å²) >= 11 is 0. The number of carbonyl (C=O) groups is 2. The summed E-state index contributed by atoms with van der Waals surface area (Å²) in [5, 5.41) is 0. The summed E-state index contributed by atoms with van der Waals surface area (Å²) in [6.07, 6.45) is 5.51. The summed E-state index contributed by atoms with van der Waals surface area (Å²) in [6.45, 7) is 14.3. The van der Waals surface area contributed by atoms with Crippen molar-refractivity contribution in [1.29, 1.82) is 0 Å². The predicted octanol–water partition coefficient (Wildman–Crippen LogP) is 5.36. The molecule has 2 amide bonds. The number of hydrogen-bond donors (Lipinski definition) is 0. The van der Waals surface area contributed by atoms with E-state index in [1.807, 2.05) is 17.9 Å². The van der Waals surface area contributed by atoms with Crippen molar-refractivity contribution in [1.82, 2.24) is 14.7 Å². The second-order valence-electron chi connectivity index (χ2n) is 11.0. The molecule has 1 unspecified atom stereocenters. The molecule has 37 heavy (non-hydrogen) atoms. The van der Waals surface area contributed by atoms with E-state index in [1.165, 1.54) is 19.2 Å². The Morgan fingerprint density at radius 3 is 2.49 bits per heavy atom. The molecular formula is C29H41F2N3O3. The first-order valence-corrected chi connectivity index (χ1v) is 13.1. The van der Waals surface area contributed by atoms with Gasteiger partial charge in [0, 0.05) is 56.3 Å². The minimum atomic E-state index is -0.631. The fourth-order valence-corrected chi connectivity index (χ4v) is 5.53. The molecule has 0 N–H and O–H groups in total. The highest BCUT2D eigenvalue weighted by Gasteiger charge is 2.44. The number of halogens is 2. The molecule has 2 saturated heterocycles. The molecule has 6 nitrogen and oxygen atoms in total. The van der Waals surface area contributed by atoms with Gasteiger partial charge in [-0.3, -0.25) is 9.69 Å². The number of amides is 2. The van der Waals surface area contributed by atoms with Crippen molar-refractivity contribution in [3.05, 3.63) is 59.7 Å². The molecule has 0 spiro atoms. The van der Waals surface area contributed by atoms with Crippen LogP contribution in [0.1, 0.15) is 58.4 Å². The maximum Gasteiger partial charge on any atom is 0.409 e. The van der Waals surface area contributed by atoms with Crippen LogP contribution in [0.5, 0.6) is 0 Å². The molecule has 0 aliphatic carbocycles. The van der Waals surface area contributed by atoms with Crippen molar-refractivity contribution in [3.63, 3.8) is 0 Å². The van der Waals surface area contributed by atoms with Crippen LogP contribution in [0, 0.1) is 17.6 Å². The lowest BCUT2D eigenvalue weighted by Crippen LogP contribution is -2.50. The third kappa shape index (κ3) is 6.78. The smallest absolute Gasteiger partial charge is 0.409 e. The first kappa shape index (κ1) is 28.8. The topological polar surface area (TPSA) is 53.1 Å². The second-order valence-corrected chi connectivity index (χ2v) is 11.0. The molecule has 2 aliphatic heterocycles. The number of hydrogen-bond acceptors (Lipinski definition) is 4. The van der Waals surface area contributed by atoms with Crippen LogP contribution in [0.25, 0.3) is 0 Å². The van der Waals surface area contributed by atoms with E-state index in [9.17, 15) is 18.4 Å². The van der Waals surface area contributed by atoms with Gasteiger partial charge in [-0.25, -0.2) is 13.6 Å². The lowest BCUT2D eigenvalue weighted by Gasteiger charge is -2.37. The van der Waals surface area contributed by atoms with E-state index in [0.717, 1.165) is 24.5 Å². The molecule has 1 aromatic rings. The van der Waals surface area contributed by atoms with E-state index in [0.29, 0.717) is 44.7 Å². The Bertz CT molecular complexity index is 1020. The van der Waals surface area contributed by atoms with E-state index >= 15 is 0 Å². The largest absolute Gasteiger partial charge is 0.453 e. The van der Waals surface area contributed by atoms with Gasteiger partial charge in [0.1, 0.15) is 11.6 Å². The molecular weight excluding hydrogens is 476 g/mol. The van der Waals surface area contributed by atoms with Crippen LogP contribution in [0.15, 0.2) is 42.5 Å². The summed E-state index contributed by atoms with van der Waals surface area (Å²) in [6, 6.07) is 3.57. The highest BCUT2D eigenvalue weighted by atomic mass is 19.1. The van der Waals surface area contributed by atoms with Crippen LogP contribution in [0.4, 0.5) is 13.6 Å². The van der Waals surface area contributed by atoms with Gasteiger partial charge in [0.25, 0.3) is 0 Å². The monoisotopic (exact) mass is 517 g/mol. The van der Waals surface area contributed by atoms with Crippen LogP contribution >= 0.6 is 0 Å². The average molecular weight is 518 g/mol. The Balaban J connectivity index is 1.84. The van der Waals surface area contributed by atoms with Crippen LogP contribution < -0.4 is 0 Å². The Kier molecular flexibility index (Phi) is 9.51. The van der Waals surface area contributed by atoms with E-state index in [2.05, 4.69) is 32.3 Å². The minimum Gasteiger partial charge on any atom is -0.453 e. The maximum absolute atomic E-state index is 14.9. The fourth-order valence-electron chi connectivity index (χ4n) is 5.53. The molecule has 3 atom stereocenters. The van der Waals surface area contributed by atoms with Gasteiger partial charge in [-0.15, -0.1) is 0 Å². The Morgan fingerprint density at radius 2 is 1.89 bits per heavy atom. The summed E-state index contributed by atoms with van der Waals surface area (Å²) in [5.74, 6) is -2.14. The molecule has 3 rings (SSSR count). The number of allylic oxidation sites excluding steroid dienone is 2. The SMILES string of the molecule is C=C/C(=C\C)CC1CCCN(C(=O)[C@@H]2CN(C(C)(C)C)C[C@H]2c2ccc(F)cc2F)CCN1C(=O)OC. The number of benzene rings is 1. The predicted molar refractivity (Wildman–Crippen MR) is 141 cm³/mol. The molecule has 0 bridgehead atoms. The van der Waals surface area contributed by atoms with Crippen molar-refractivity contribution in [2.45, 2.75) is 64.5 Å². The van der Waals surface area contributed by atoms with E-state index in [4.69, 9.17) is 4.74 Å². The third-order valence-corrected chi connectivity index (χ3v) is 7.79. The van der Waals surface area contributed by atoms with Gasteiger partial charge < -0.3 is 14.5 Å². The summed E-state index contributed by atoms with van der Waals surface area (Å²) in [4.78, 5) is 32.3. The summed E-state index contributed by atoms with van der Waals surface area (Å²) in [7, 11) is 1.37. The van der Waals surface area contributed by atoms with Crippen molar-refractivity contribution in [2.24, 2.45) is 5.92 Å². The molecule has 0 radical (unpaired) electrons. The van der Waals surface area contributed by atoms with Gasteiger partial charge in [-0.05, 0) is 58.6 Å². The second kappa shape index (κ2) is 12.2. The molecule has 2 fully saturated rings. The van der Waals surface area contributed by atoms with Gasteiger partial charge in [0.2, 0.25) is 5.91 Å². The fraction of sp³-hybridized carbons (Fsp3) is 0.586. The number of ether oxygens (including phenoxy) is 1. The average Bonchev–Trinajstić information content (AvgIpc) is 3.29. The van der Waals surface area contributed by atoms with Crippen molar-refractivity contribution in [3.8, 4) is 0 Å². The number of rotatable bonds is 5. The van der Waals surface area contributed by atoms with E-state index in [1.54, 1.807) is 11.0 Å². The molecule has 1 aromatic carbocycles. The maximum atomic E-state index is 14.9. The van der Waals surface area contributed by atoms with Crippen LogP contribution in [-0.4, -0.2) is 78.1 Å². The Labute approximate surface area is 219 Å². The number of nitrogens with zero attached hydrogens (tertiary/aromatic N) is 3. The lowest BCUT2D eigenvalue weighted by atomic mass is 9.87. The summed E-state index contributed by atoms with van der Waals surface area (Å²) < 4.78 is 33.6. The number of methoxy groups -OCH3 is 1. The molecule has 2 aliphatic rings. The van der Waals surface area contributed by atoms with E-state index in [-0.39, 0.29) is 23.4 Å². The summed E-state index contributed by atoms with van der Waals surface area (Å²) in [5.41, 5.74) is 1.23. The van der Waals surface area contributed by atoms with Gasteiger partial charge in [0.05, 0.1) is 13.0 Å². The van der Waals surface area contributed by atoms with Gasteiger partial charge in [0.15, 0.2) is 0 Å². The molecule has 0 saturated carbocycles. The minimum absolute atomic E-state index is 0.0437. The normalized spacial score (nSPS) is 24.0. The number of carbonyl (C=O) groups excluding carboxylic acids is 2. The molecule has 204 valence electrons. The third-order valence-electron chi connectivity index (χ3n) is 7.79. The standard InChI is InChI=1S/C29H41F2N3O3/c1-7-20(8-2)16-22-10-9-13-32(14-15-34(22)28(36)37-6)27(35)25-19-33(29(3,4)5)18-24(25)23-12-11-21(30)17-26(23)31/h7-8,11-12,17,22,24-25H,1,9-10,13-16,18-19H2,2-6H3/b20-8+/t22?,24-,25+/m0/s1. The highest BCUT2D eigenvalue weighted by molar-refractivity contribution is 5.81. The van der Waals surface area contributed by atoms with Gasteiger partial charge >= 0.3 is 6.09 Å². The molecule has 2 heterocycles. The van der Waals surface area contributed by atoms with Crippen LogP contribution in [0.3, 0.4) is 0 Å². The van der Waals surface area contributed by atoms with E-state index < -0.39 is 23.6 Å². The van der Waals surface area contributed by atoms with Crippen LogP contribution in [-0.2, 0) is 9.53 Å². The zero-order valence-electron chi connectivity index (χ0n) is 22.8. The van der Waals surface area contributed by atoms with Crippen molar-refractivity contribution >= 4 is 12.0 Å². The van der Waals surface area contributed by atoms with Crippen LogP contribution in [0.2, 0.25) is 0 Å². The zero-order chi connectivity index (χ0) is 27.3. The quantitative estimate of drug-likeness (QED) is 0.494. The lowest BCUT2D eigenvalue weighted by molar-refractivity contribution is -0.136. The first-order valence-electron chi connectivity index (χ1n) is 13.1. The van der Waals surface area contributed by atoms with Gasteiger partial charge in [-0.1, -0.05) is 30.4 Å². The van der Waals surface area contributed by atoms with Gasteiger partial charge in [-0.2, -0.15) is 0 Å². The van der Waals surface area contributed by atoms with Crippen molar-refractivity contribution < 1.29 is 23.1 Å². The number of likely N-dealkylation sites (tertiary alicyclic amines) is 1. The van der Waals surface area contributed by atoms with Crippen molar-refractivity contribution in [2.75, 3.05) is 39.8 Å². The molecule has 8 heteroatoms. The first-order chi connectivity index (χ1) is 17.5.